The van der Waals surface area contributed by atoms with Crippen LogP contribution in [0.5, 0.6) is 0 Å². The summed E-state index contributed by atoms with van der Waals surface area (Å²) in [7, 11) is 0. The second-order valence-electron chi connectivity index (χ2n) is 10.2. The Bertz CT molecular complexity index is 703. The Hall–Kier alpha value is -1.35. The van der Waals surface area contributed by atoms with Crippen LogP contribution in [0.25, 0.3) is 0 Å². The largest absolute Gasteiger partial charge is 0.390 e. The van der Waals surface area contributed by atoms with Gasteiger partial charge in [-0.05, 0) is 62.5 Å². The summed E-state index contributed by atoms with van der Waals surface area (Å²) in [6.45, 7) is 13.7. The van der Waals surface area contributed by atoms with Gasteiger partial charge in [-0.15, -0.1) is 0 Å². The maximum absolute atomic E-state index is 13.5. The number of hydrogen-bond acceptors (Lipinski definition) is 2. The summed E-state index contributed by atoms with van der Waals surface area (Å²) >= 11 is 0. The van der Waals surface area contributed by atoms with Crippen molar-refractivity contribution < 1.29 is 9.90 Å². The molecule has 3 heteroatoms. The van der Waals surface area contributed by atoms with Crippen LogP contribution in [0.1, 0.15) is 78.4 Å². The highest BCUT2D eigenvalue weighted by atomic mass is 16.3. The molecule has 1 aliphatic carbocycles. The van der Waals surface area contributed by atoms with Gasteiger partial charge in [-0.3, -0.25) is 4.79 Å². The van der Waals surface area contributed by atoms with Crippen LogP contribution in [-0.4, -0.2) is 34.1 Å². The minimum atomic E-state index is -0.711. The first-order valence-electron chi connectivity index (χ1n) is 10.6. The van der Waals surface area contributed by atoms with Crippen LogP contribution in [0.2, 0.25) is 0 Å². The predicted octanol–water partition coefficient (Wildman–Crippen LogP) is 4.70. The van der Waals surface area contributed by atoms with Crippen molar-refractivity contribution in [2.24, 2.45) is 11.3 Å². The third-order valence-electron chi connectivity index (χ3n) is 7.74. The number of nitrogens with zero attached hydrogens (tertiary/aromatic N) is 1. The number of carbonyl (C=O) groups is 1. The second-order valence-corrected chi connectivity index (χ2v) is 10.2. The second kappa shape index (κ2) is 6.92. The van der Waals surface area contributed by atoms with E-state index in [1.807, 2.05) is 13.8 Å². The summed E-state index contributed by atoms with van der Waals surface area (Å²) in [5.41, 5.74) is 2.33. The predicted molar refractivity (Wildman–Crippen MR) is 111 cm³/mol. The van der Waals surface area contributed by atoms with E-state index in [4.69, 9.17) is 0 Å². The molecule has 1 amide bonds. The topological polar surface area (TPSA) is 40.5 Å². The number of hydrogen-bond donors (Lipinski definition) is 1. The molecule has 1 fully saturated rings. The fourth-order valence-electron chi connectivity index (χ4n) is 5.40. The molecule has 2 bridgehead atoms. The lowest BCUT2D eigenvalue weighted by atomic mass is 9.51. The molecule has 2 aliphatic rings. The Labute approximate surface area is 165 Å². The van der Waals surface area contributed by atoms with E-state index < -0.39 is 5.60 Å². The molecule has 1 aromatic carbocycles. The highest BCUT2D eigenvalue weighted by molar-refractivity contribution is 5.79. The fraction of sp³-hybridized carbons (Fsp3) is 0.708. The maximum atomic E-state index is 13.5. The SMILES string of the molecule is CC[C@@H](CCC(C)(C)O)C(=O)N1CC[C@@]2(C)c3ccccc3C[C@@H]1C2(C)C. The molecule has 0 unspecified atom stereocenters. The van der Waals surface area contributed by atoms with Gasteiger partial charge in [-0.2, -0.15) is 0 Å². The lowest BCUT2D eigenvalue weighted by Gasteiger charge is -2.61. The van der Waals surface area contributed by atoms with E-state index in [1.54, 1.807) is 0 Å². The molecule has 0 spiro atoms. The number of fused-ring (bicyclic) bond motifs is 4. The van der Waals surface area contributed by atoms with E-state index in [2.05, 4.69) is 56.9 Å². The van der Waals surface area contributed by atoms with Gasteiger partial charge < -0.3 is 10.0 Å². The Morgan fingerprint density at radius 2 is 1.96 bits per heavy atom. The Balaban J connectivity index is 1.88. The monoisotopic (exact) mass is 371 g/mol. The molecular weight excluding hydrogens is 334 g/mol. The van der Waals surface area contributed by atoms with Crippen molar-refractivity contribution in [1.29, 1.82) is 0 Å². The van der Waals surface area contributed by atoms with Crippen LogP contribution in [0.3, 0.4) is 0 Å². The maximum Gasteiger partial charge on any atom is 0.225 e. The van der Waals surface area contributed by atoms with Gasteiger partial charge in [-0.1, -0.05) is 52.0 Å². The molecule has 0 aromatic heterocycles. The van der Waals surface area contributed by atoms with Crippen LogP contribution >= 0.6 is 0 Å². The van der Waals surface area contributed by atoms with Crippen LogP contribution in [0.15, 0.2) is 24.3 Å². The van der Waals surface area contributed by atoms with Gasteiger partial charge in [0.2, 0.25) is 5.91 Å². The number of amides is 1. The average molecular weight is 372 g/mol. The third-order valence-corrected chi connectivity index (χ3v) is 7.74. The molecule has 1 aromatic rings. The van der Waals surface area contributed by atoms with Crippen LogP contribution in [-0.2, 0) is 16.6 Å². The number of rotatable bonds is 5. The first kappa shape index (κ1) is 20.4. The Kier molecular flexibility index (Phi) is 5.22. The van der Waals surface area contributed by atoms with Crippen molar-refractivity contribution in [1.82, 2.24) is 4.90 Å². The van der Waals surface area contributed by atoms with Crippen molar-refractivity contribution in [3.8, 4) is 0 Å². The summed E-state index contributed by atoms with van der Waals surface area (Å²) in [4.78, 5) is 15.7. The van der Waals surface area contributed by atoms with Crippen molar-refractivity contribution >= 4 is 5.91 Å². The fourth-order valence-corrected chi connectivity index (χ4v) is 5.40. The van der Waals surface area contributed by atoms with Crippen LogP contribution < -0.4 is 0 Å². The van der Waals surface area contributed by atoms with E-state index in [0.29, 0.717) is 12.3 Å². The number of aliphatic hydroxyl groups is 1. The number of likely N-dealkylation sites (tertiary alicyclic amines) is 1. The third kappa shape index (κ3) is 3.44. The lowest BCUT2D eigenvalue weighted by Crippen LogP contribution is -2.65. The summed E-state index contributed by atoms with van der Waals surface area (Å²) in [5.74, 6) is 0.301. The van der Waals surface area contributed by atoms with Gasteiger partial charge in [0.25, 0.3) is 0 Å². The zero-order chi connectivity index (χ0) is 20.0. The first-order chi connectivity index (χ1) is 12.5. The molecule has 150 valence electrons. The van der Waals surface area contributed by atoms with Gasteiger partial charge in [0, 0.05) is 23.9 Å². The van der Waals surface area contributed by atoms with Gasteiger partial charge in [-0.25, -0.2) is 0 Å². The van der Waals surface area contributed by atoms with Crippen LogP contribution in [0.4, 0.5) is 0 Å². The Morgan fingerprint density at radius 1 is 1.30 bits per heavy atom. The summed E-state index contributed by atoms with van der Waals surface area (Å²) < 4.78 is 0. The van der Waals surface area contributed by atoms with Gasteiger partial charge in [0.05, 0.1) is 5.60 Å². The summed E-state index contributed by atoms with van der Waals surface area (Å²) in [6, 6.07) is 9.07. The van der Waals surface area contributed by atoms with Crippen LogP contribution in [0, 0.1) is 11.3 Å². The molecule has 3 nitrogen and oxygen atoms in total. The molecule has 1 N–H and O–H groups in total. The molecule has 1 heterocycles. The van der Waals surface area contributed by atoms with Gasteiger partial charge >= 0.3 is 0 Å². The Morgan fingerprint density at radius 3 is 2.59 bits per heavy atom. The van der Waals surface area contributed by atoms with Gasteiger partial charge in [0.1, 0.15) is 0 Å². The van der Waals surface area contributed by atoms with E-state index in [1.165, 1.54) is 11.1 Å². The highest BCUT2D eigenvalue weighted by Gasteiger charge is 2.56. The molecule has 27 heavy (non-hydrogen) atoms. The standard InChI is InChI=1S/C24H37NO2/c1-7-17(12-13-22(2,3)27)21(26)25-15-14-24(6)19-11-9-8-10-18(19)16-20(25)23(24,4)5/h8-11,17,20,27H,7,12-16H2,1-6H3/t17-,20+,24-/m0/s1. The number of benzene rings is 1. The van der Waals surface area contributed by atoms with Crippen molar-refractivity contribution in [2.75, 3.05) is 6.54 Å². The molecule has 0 radical (unpaired) electrons. The molecular formula is C24H37NO2. The summed E-state index contributed by atoms with van der Waals surface area (Å²) in [5, 5.41) is 10.1. The molecule has 3 atom stereocenters. The minimum absolute atomic E-state index is 0.00810. The minimum Gasteiger partial charge on any atom is -0.390 e. The normalized spacial score (nSPS) is 27.8. The van der Waals surface area contributed by atoms with E-state index in [0.717, 1.165) is 32.2 Å². The number of carbonyl (C=O) groups excluding carboxylic acids is 1. The first-order valence-corrected chi connectivity index (χ1v) is 10.6. The zero-order valence-corrected chi connectivity index (χ0v) is 18.0. The van der Waals surface area contributed by atoms with Gasteiger partial charge in [0.15, 0.2) is 0 Å². The van der Waals surface area contributed by atoms with E-state index in [9.17, 15) is 9.90 Å². The van der Waals surface area contributed by atoms with E-state index >= 15 is 0 Å². The molecule has 1 aliphatic heterocycles. The quantitative estimate of drug-likeness (QED) is 0.815. The molecule has 3 rings (SSSR count). The smallest absolute Gasteiger partial charge is 0.225 e. The van der Waals surface area contributed by atoms with Crippen molar-refractivity contribution in [3.05, 3.63) is 35.4 Å². The summed E-state index contributed by atoms with van der Waals surface area (Å²) in [6.07, 6.45) is 4.23. The van der Waals surface area contributed by atoms with Crippen molar-refractivity contribution in [3.63, 3.8) is 0 Å². The van der Waals surface area contributed by atoms with Crippen molar-refractivity contribution in [2.45, 2.75) is 90.7 Å². The lowest BCUT2D eigenvalue weighted by molar-refractivity contribution is -0.148. The highest BCUT2D eigenvalue weighted by Crippen LogP contribution is 2.56. The molecule has 1 saturated heterocycles. The van der Waals surface area contributed by atoms with E-state index in [-0.39, 0.29) is 22.8 Å². The molecule has 0 saturated carbocycles. The average Bonchev–Trinajstić information content (AvgIpc) is 2.57. The zero-order valence-electron chi connectivity index (χ0n) is 18.0. The number of piperidine rings is 1.